The van der Waals surface area contributed by atoms with E-state index in [4.69, 9.17) is 4.74 Å². The molecule has 0 spiro atoms. The smallest absolute Gasteiger partial charge is 0.223 e. The van der Waals surface area contributed by atoms with Crippen LogP contribution in [0.1, 0.15) is 50.0 Å². The topological polar surface area (TPSA) is 41.6 Å². The number of nitrogens with one attached hydrogen (secondary N) is 1. The molecule has 2 saturated heterocycles. The van der Waals surface area contributed by atoms with Gasteiger partial charge in [-0.05, 0) is 56.7 Å². The molecule has 136 valence electrons. The molecule has 0 aromatic heterocycles. The lowest BCUT2D eigenvalue weighted by Crippen LogP contribution is -2.59. The van der Waals surface area contributed by atoms with E-state index < -0.39 is 0 Å². The first-order valence-corrected chi connectivity index (χ1v) is 9.94. The van der Waals surface area contributed by atoms with Crippen molar-refractivity contribution < 1.29 is 9.53 Å². The molecule has 2 unspecified atom stereocenters. The number of hydrogen-bond donors (Lipinski definition) is 1. The average molecular weight is 342 g/mol. The quantitative estimate of drug-likeness (QED) is 0.894. The predicted octanol–water partition coefficient (Wildman–Crippen LogP) is 2.94. The van der Waals surface area contributed by atoms with E-state index in [1.165, 1.54) is 37.9 Å². The Hall–Kier alpha value is -1.39. The van der Waals surface area contributed by atoms with Crippen LogP contribution in [0.25, 0.3) is 0 Å². The minimum absolute atomic E-state index is 0.117. The molecular weight excluding hydrogens is 312 g/mol. The van der Waals surface area contributed by atoms with Crippen LogP contribution in [0.3, 0.4) is 0 Å². The van der Waals surface area contributed by atoms with Gasteiger partial charge >= 0.3 is 0 Å². The predicted molar refractivity (Wildman–Crippen MR) is 98.5 cm³/mol. The summed E-state index contributed by atoms with van der Waals surface area (Å²) in [6.07, 6.45) is 7.00. The van der Waals surface area contributed by atoms with Crippen LogP contribution in [-0.2, 0) is 9.53 Å². The number of ether oxygens (including phenoxy) is 1. The molecule has 2 heterocycles. The molecule has 3 aliphatic rings. The van der Waals surface area contributed by atoms with Gasteiger partial charge in [-0.25, -0.2) is 0 Å². The Bertz CT molecular complexity index is 577. The highest BCUT2D eigenvalue weighted by molar-refractivity contribution is 5.83. The van der Waals surface area contributed by atoms with Crippen LogP contribution < -0.4 is 5.32 Å². The molecule has 0 bridgehead atoms. The zero-order chi connectivity index (χ0) is 17.1. The fourth-order valence-electron chi connectivity index (χ4n) is 4.66. The van der Waals surface area contributed by atoms with Crippen LogP contribution in [0, 0.1) is 5.92 Å². The van der Waals surface area contributed by atoms with Gasteiger partial charge in [0.15, 0.2) is 0 Å². The lowest BCUT2D eigenvalue weighted by atomic mass is 9.86. The lowest BCUT2D eigenvalue weighted by Gasteiger charge is -2.48. The number of amides is 1. The largest absolute Gasteiger partial charge is 0.381 e. The summed E-state index contributed by atoms with van der Waals surface area (Å²) in [5, 5.41) is 3.32. The van der Waals surface area contributed by atoms with Gasteiger partial charge in [-0.15, -0.1) is 0 Å². The maximum absolute atomic E-state index is 12.7. The van der Waals surface area contributed by atoms with Gasteiger partial charge in [-0.2, -0.15) is 0 Å². The Kier molecular flexibility index (Phi) is 5.09. The summed E-state index contributed by atoms with van der Waals surface area (Å²) in [6, 6.07) is 10.5. The van der Waals surface area contributed by atoms with E-state index in [2.05, 4.69) is 34.5 Å². The van der Waals surface area contributed by atoms with Gasteiger partial charge in [-0.3, -0.25) is 9.69 Å². The van der Waals surface area contributed by atoms with Crippen LogP contribution in [0.4, 0.5) is 0 Å². The zero-order valence-electron chi connectivity index (χ0n) is 15.1. The molecular formula is C21H30N2O2. The van der Waals surface area contributed by atoms with Crippen molar-refractivity contribution in [2.45, 2.75) is 50.0 Å². The Morgan fingerprint density at radius 1 is 1.12 bits per heavy atom. The minimum Gasteiger partial charge on any atom is -0.381 e. The molecule has 1 amide bonds. The van der Waals surface area contributed by atoms with Gasteiger partial charge in [0.05, 0.1) is 0 Å². The minimum atomic E-state index is 0.117. The van der Waals surface area contributed by atoms with Crippen molar-refractivity contribution in [2.75, 3.05) is 32.8 Å². The van der Waals surface area contributed by atoms with Crippen molar-refractivity contribution in [3.8, 4) is 0 Å². The summed E-state index contributed by atoms with van der Waals surface area (Å²) >= 11 is 0. The number of nitrogens with zero attached hydrogens (tertiary/aromatic N) is 1. The van der Waals surface area contributed by atoms with Gasteiger partial charge in [0.1, 0.15) is 0 Å². The molecule has 2 atom stereocenters. The number of benzene rings is 1. The summed E-state index contributed by atoms with van der Waals surface area (Å²) in [5.41, 5.74) is 1.42. The van der Waals surface area contributed by atoms with Crippen molar-refractivity contribution in [2.24, 2.45) is 5.92 Å². The van der Waals surface area contributed by atoms with Crippen molar-refractivity contribution >= 4 is 5.91 Å². The van der Waals surface area contributed by atoms with E-state index in [-0.39, 0.29) is 17.4 Å². The lowest BCUT2D eigenvalue weighted by molar-refractivity contribution is -0.124. The Morgan fingerprint density at radius 3 is 2.56 bits per heavy atom. The van der Waals surface area contributed by atoms with E-state index >= 15 is 0 Å². The second-order valence-corrected chi connectivity index (χ2v) is 7.96. The third-order valence-electron chi connectivity index (χ3n) is 6.40. The number of carbonyl (C=O) groups is 1. The molecule has 4 heteroatoms. The van der Waals surface area contributed by atoms with E-state index in [0.717, 1.165) is 39.0 Å². The van der Waals surface area contributed by atoms with Crippen molar-refractivity contribution in [1.82, 2.24) is 10.2 Å². The van der Waals surface area contributed by atoms with Crippen LogP contribution >= 0.6 is 0 Å². The second kappa shape index (κ2) is 7.46. The second-order valence-electron chi connectivity index (χ2n) is 7.96. The van der Waals surface area contributed by atoms with E-state index in [1.807, 2.05) is 6.07 Å². The normalized spacial score (nSPS) is 29.1. The summed E-state index contributed by atoms with van der Waals surface area (Å²) in [6.45, 7) is 4.77. The van der Waals surface area contributed by atoms with Crippen LogP contribution in [-0.4, -0.2) is 49.2 Å². The molecule has 3 fully saturated rings. The SMILES string of the molecule is O=C(NCC1(N2CCCCC2)CCOCC1)C1CC1c1ccccc1. The molecule has 4 rings (SSSR count). The number of hydrogen-bond acceptors (Lipinski definition) is 3. The van der Waals surface area contributed by atoms with E-state index in [1.54, 1.807) is 0 Å². The highest BCUT2D eigenvalue weighted by atomic mass is 16.5. The molecule has 1 aliphatic carbocycles. The number of carbonyl (C=O) groups excluding carboxylic acids is 1. The zero-order valence-corrected chi connectivity index (χ0v) is 15.1. The number of piperidine rings is 1. The van der Waals surface area contributed by atoms with E-state index in [0.29, 0.717) is 5.92 Å². The highest BCUT2D eigenvalue weighted by Crippen LogP contribution is 2.47. The summed E-state index contributed by atoms with van der Waals surface area (Å²) in [4.78, 5) is 15.3. The van der Waals surface area contributed by atoms with E-state index in [9.17, 15) is 4.79 Å². The molecule has 1 saturated carbocycles. The number of likely N-dealkylation sites (tertiary alicyclic amines) is 1. The molecule has 2 aliphatic heterocycles. The maximum Gasteiger partial charge on any atom is 0.223 e. The fourth-order valence-corrected chi connectivity index (χ4v) is 4.66. The third kappa shape index (κ3) is 3.75. The van der Waals surface area contributed by atoms with Crippen molar-refractivity contribution in [3.63, 3.8) is 0 Å². The van der Waals surface area contributed by atoms with Gasteiger partial charge in [0, 0.05) is 31.2 Å². The first-order valence-electron chi connectivity index (χ1n) is 9.94. The summed E-state index contributed by atoms with van der Waals surface area (Å²) in [7, 11) is 0. The maximum atomic E-state index is 12.7. The van der Waals surface area contributed by atoms with Gasteiger partial charge in [0.25, 0.3) is 0 Å². The highest BCUT2D eigenvalue weighted by Gasteiger charge is 2.45. The van der Waals surface area contributed by atoms with Crippen molar-refractivity contribution in [1.29, 1.82) is 0 Å². The molecule has 1 N–H and O–H groups in total. The molecule has 4 nitrogen and oxygen atoms in total. The van der Waals surface area contributed by atoms with Crippen LogP contribution in [0.5, 0.6) is 0 Å². The average Bonchev–Trinajstić information content (AvgIpc) is 3.49. The Morgan fingerprint density at radius 2 is 1.84 bits per heavy atom. The molecule has 25 heavy (non-hydrogen) atoms. The Balaban J connectivity index is 1.36. The Labute approximate surface area is 150 Å². The summed E-state index contributed by atoms with van der Waals surface area (Å²) in [5.74, 6) is 0.833. The molecule has 1 aromatic rings. The first kappa shape index (κ1) is 17.0. The fraction of sp³-hybridized carbons (Fsp3) is 0.667. The first-order chi connectivity index (χ1) is 12.3. The molecule has 1 aromatic carbocycles. The molecule has 0 radical (unpaired) electrons. The van der Waals surface area contributed by atoms with Gasteiger partial charge in [-0.1, -0.05) is 36.8 Å². The van der Waals surface area contributed by atoms with Gasteiger partial charge in [0.2, 0.25) is 5.91 Å². The number of rotatable bonds is 5. The standard InChI is InChI=1S/C21H30N2O2/c24-20(19-15-18(19)17-7-3-1-4-8-17)22-16-21(9-13-25-14-10-21)23-11-5-2-6-12-23/h1,3-4,7-8,18-19H,2,5-6,9-16H2,(H,22,24). The monoisotopic (exact) mass is 342 g/mol. The van der Waals surface area contributed by atoms with Gasteiger partial charge < -0.3 is 10.1 Å². The van der Waals surface area contributed by atoms with Crippen LogP contribution in [0.15, 0.2) is 30.3 Å². The summed E-state index contributed by atoms with van der Waals surface area (Å²) < 4.78 is 5.62. The van der Waals surface area contributed by atoms with Crippen LogP contribution in [0.2, 0.25) is 0 Å². The van der Waals surface area contributed by atoms with Crippen molar-refractivity contribution in [3.05, 3.63) is 35.9 Å². The third-order valence-corrected chi connectivity index (χ3v) is 6.40.